The summed E-state index contributed by atoms with van der Waals surface area (Å²) in [5.41, 5.74) is 0.366. The SMILES string of the molecule is CCCCNC(=NCc1ncccc1F)NCC.I. The molecule has 6 heteroatoms. The molecule has 1 heterocycles. The fourth-order valence-electron chi connectivity index (χ4n) is 1.41. The van der Waals surface area contributed by atoms with Crippen molar-refractivity contribution in [1.82, 2.24) is 15.6 Å². The fraction of sp³-hybridized carbons (Fsp3) is 0.538. The van der Waals surface area contributed by atoms with Crippen LogP contribution in [0.5, 0.6) is 0 Å². The van der Waals surface area contributed by atoms with E-state index in [1.54, 1.807) is 12.3 Å². The molecule has 0 radical (unpaired) electrons. The minimum absolute atomic E-state index is 0. The van der Waals surface area contributed by atoms with Crippen LogP contribution in [0.4, 0.5) is 4.39 Å². The maximum absolute atomic E-state index is 13.4. The first-order valence-electron chi connectivity index (χ1n) is 6.39. The minimum Gasteiger partial charge on any atom is -0.357 e. The molecule has 0 atom stereocenters. The highest BCUT2D eigenvalue weighted by molar-refractivity contribution is 14.0. The fourth-order valence-corrected chi connectivity index (χ4v) is 1.41. The van der Waals surface area contributed by atoms with E-state index in [9.17, 15) is 4.39 Å². The minimum atomic E-state index is -0.314. The lowest BCUT2D eigenvalue weighted by Gasteiger charge is -2.10. The Morgan fingerprint density at radius 3 is 2.79 bits per heavy atom. The van der Waals surface area contributed by atoms with E-state index in [0.717, 1.165) is 25.9 Å². The van der Waals surface area contributed by atoms with Crippen molar-refractivity contribution in [2.75, 3.05) is 13.1 Å². The van der Waals surface area contributed by atoms with E-state index in [0.29, 0.717) is 11.7 Å². The van der Waals surface area contributed by atoms with E-state index in [2.05, 4.69) is 27.5 Å². The van der Waals surface area contributed by atoms with Crippen molar-refractivity contribution in [2.45, 2.75) is 33.2 Å². The number of rotatable bonds is 6. The molecule has 0 saturated carbocycles. The molecule has 2 N–H and O–H groups in total. The van der Waals surface area contributed by atoms with Crippen LogP contribution < -0.4 is 10.6 Å². The van der Waals surface area contributed by atoms with E-state index in [1.165, 1.54) is 6.07 Å². The van der Waals surface area contributed by atoms with Crippen LogP contribution in [0.15, 0.2) is 23.3 Å². The van der Waals surface area contributed by atoms with Gasteiger partial charge in [-0.15, -0.1) is 24.0 Å². The molecule has 0 aliphatic carbocycles. The van der Waals surface area contributed by atoms with Gasteiger partial charge in [-0.25, -0.2) is 9.38 Å². The number of nitrogens with zero attached hydrogens (tertiary/aromatic N) is 2. The van der Waals surface area contributed by atoms with Gasteiger partial charge >= 0.3 is 0 Å². The number of aliphatic imine (C=N–C) groups is 1. The predicted octanol–water partition coefficient (Wildman–Crippen LogP) is 2.69. The zero-order chi connectivity index (χ0) is 13.2. The summed E-state index contributed by atoms with van der Waals surface area (Å²) in [5.74, 6) is 0.390. The van der Waals surface area contributed by atoms with Crippen molar-refractivity contribution >= 4 is 29.9 Å². The van der Waals surface area contributed by atoms with Gasteiger partial charge in [0.05, 0.1) is 12.2 Å². The largest absolute Gasteiger partial charge is 0.357 e. The lowest BCUT2D eigenvalue weighted by Crippen LogP contribution is -2.37. The molecular formula is C13H22FIN4. The summed E-state index contributed by atoms with van der Waals surface area (Å²) < 4.78 is 13.4. The van der Waals surface area contributed by atoms with Gasteiger partial charge < -0.3 is 10.6 Å². The standard InChI is InChI=1S/C13H21FN4.HI/c1-3-5-8-17-13(15-4-2)18-10-12-11(14)7-6-9-16-12;/h6-7,9H,3-5,8,10H2,1-2H3,(H2,15,17,18);1H. The lowest BCUT2D eigenvalue weighted by atomic mass is 10.3. The van der Waals surface area contributed by atoms with Crippen molar-refractivity contribution in [2.24, 2.45) is 4.99 Å². The van der Waals surface area contributed by atoms with Gasteiger partial charge in [0.25, 0.3) is 0 Å². The Hall–Kier alpha value is -0.920. The molecule has 1 aromatic heterocycles. The number of nitrogens with one attached hydrogen (secondary N) is 2. The van der Waals surface area contributed by atoms with Crippen LogP contribution in [-0.2, 0) is 6.54 Å². The van der Waals surface area contributed by atoms with E-state index in [-0.39, 0.29) is 36.3 Å². The Balaban J connectivity index is 0.00000324. The maximum atomic E-state index is 13.4. The average molecular weight is 380 g/mol. The van der Waals surface area contributed by atoms with Gasteiger partial charge in [-0.05, 0) is 25.5 Å². The molecule has 19 heavy (non-hydrogen) atoms. The van der Waals surface area contributed by atoms with Crippen LogP contribution in [0, 0.1) is 5.82 Å². The van der Waals surface area contributed by atoms with Gasteiger partial charge in [0, 0.05) is 19.3 Å². The number of hydrogen-bond acceptors (Lipinski definition) is 2. The third-order valence-corrected chi connectivity index (χ3v) is 2.39. The molecule has 0 aliphatic heterocycles. The molecule has 0 saturated heterocycles. The Morgan fingerprint density at radius 1 is 1.37 bits per heavy atom. The number of halogens is 2. The monoisotopic (exact) mass is 380 g/mol. The Kier molecular flexibility index (Phi) is 10.4. The molecule has 1 rings (SSSR count). The van der Waals surface area contributed by atoms with E-state index < -0.39 is 0 Å². The zero-order valence-corrected chi connectivity index (χ0v) is 13.8. The summed E-state index contributed by atoms with van der Waals surface area (Å²) >= 11 is 0. The first-order chi connectivity index (χ1) is 8.77. The zero-order valence-electron chi connectivity index (χ0n) is 11.4. The number of pyridine rings is 1. The van der Waals surface area contributed by atoms with Crippen molar-refractivity contribution < 1.29 is 4.39 Å². The number of guanidine groups is 1. The van der Waals surface area contributed by atoms with Gasteiger partial charge in [0.15, 0.2) is 5.96 Å². The molecule has 0 amide bonds. The van der Waals surface area contributed by atoms with Crippen LogP contribution >= 0.6 is 24.0 Å². The van der Waals surface area contributed by atoms with Crippen molar-refractivity contribution in [3.05, 3.63) is 29.8 Å². The molecular weight excluding hydrogens is 358 g/mol. The lowest BCUT2D eigenvalue weighted by molar-refractivity contribution is 0.599. The van der Waals surface area contributed by atoms with Gasteiger partial charge in [0.2, 0.25) is 0 Å². The summed E-state index contributed by atoms with van der Waals surface area (Å²) in [6.45, 7) is 6.03. The molecule has 0 bridgehead atoms. The third kappa shape index (κ3) is 7.29. The third-order valence-electron chi connectivity index (χ3n) is 2.39. The number of aromatic nitrogens is 1. The van der Waals surface area contributed by atoms with Crippen molar-refractivity contribution in [1.29, 1.82) is 0 Å². The average Bonchev–Trinajstić information content (AvgIpc) is 2.38. The van der Waals surface area contributed by atoms with Crippen LogP contribution in [0.25, 0.3) is 0 Å². The van der Waals surface area contributed by atoms with Crippen LogP contribution in [-0.4, -0.2) is 24.0 Å². The molecule has 0 spiro atoms. The second-order valence-corrected chi connectivity index (χ2v) is 3.91. The van der Waals surface area contributed by atoms with Gasteiger partial charge in [-0.3, -0.25) is 4.98 Å². The summed E-state index contributed by atoms with van der Waals surface area (Å²) in [5, 5.41) is 6.32. The molecule has 4 nitrogen and oxygen atoms in total. The first kappa shape index (κ1) is 18.1. The summed E-state index contributed by atoms with van der Waals surface area (Å²) in [6.07, 6.45) is 3.79. The van der Waals surface area contributed by atoms with Crippen LogP contribution in [0.2, 0.25) is 0 Å². The van der Waals surface area contributed by atoms with E-state index >= 15 is 0 Å². The first-order valence-corrected chi connectivity index (χ1v) is 6.39. The molecule has 0 fully saturated rings. The van der Waals surface area contributed by atoms with E-state index in [4.69, 9.17) is 0 Å². The van der Waals surface area contributed by atoms with Crippen LogP contribution in [0.1, 0.15) is 32.4 Å². The van der Waals surface area contributed by atoms with Gasteiger partial charge in [-0.2, -0.15) is 0 Å². The Morgan fingerprint density at radius 2 is 2.16 bits per heavy atom. The van der Waals surface area contributed by atoms with Gasteiger partial charge in [-0.1, -0.05) is 13.3 Å². The second kappa shape index (κ2) is 11.0. The smallest absolute Gasteiger partial charge is 0.191 e. The molecule has 0 aromatic carbocycles. The number of hydrogen-bond donors (Lipinski definition) is 2. The summed E-state index contributed by atoms with van der Waals surface area (Å²) in [6, 6.07) is 2.97. The normalized spacial score (nSPS) is 10.8. The second-order valence-electron chi connectivity index (χ2n) is 3.91. The summed E-state index contributed by atoms with van der Waals surface area (Å²) in [7, 11) is 0. The molecule has 0 aliphatic rings. The molecule has 0 unspecified atom stereocenters. The van der Waals surface area contributed by atoms with E-state index in [1.807, 2.05) is 6.92 Å². The van der Waals surface area contributed by atoms with Gasteiger partial charge in [0.1, 0.15) is 5.82 Å². The molecule has 108 valence electrons. The Labute approximate surface area is 131 Å². The maximum Gasteiger partial charge on any atom is 0.191 e. The van der Waals surface area contributed by atoms with Crippen LogP contribution in [0.3, 0.4) is 0 Å². The number of unbranched alkanes of at least 4 members (excludes halogenated alkanes) is 1. The summed E-state index contributed by atoms with van der Waals surface area (Å²) in [4.78, 5) is 8.28. The highest BCUT2D eigenvalue weighted by atomic mass is 127. The molecule has 1 aromatic rings. The van der Waals surface area contributed by atoms with Crippen molar-refractivity contribution in [3.63, 3.8) is 0 Å². The highest BCUT2D eigenvalue weighted by Crippen LogP contribution is 2.03. The Bertz CT molecular complexity index is 385. The predicted molar refractivity (Wildman–Crippen MR) is 87.3 cm³/mol. The quantitative estimate of drug-likeness (QED) is 0.345. The topological polar surface area (TPSA) is 49.3 Å². The highest BCUT2D eigenvalue weighted by Gasteiger charge is 2.02. The van der Waals surface area contributed by atoms with Crippen molar-refractivity contribution in [3.8, 4) is 0 Å².